The number of amides is 2. The first-order valence-electron chi connectivity index (χ1n) is 9.48. The summed E-state index contributed by atoms with van der Waals surface area (Å²) < 4.78 is 19.1. The minimum absolute atomic E-state index is 0.140. The van der Waals surface area contributed by atoms with Gasteiger partial charge in [0, 0.05) is 44.6 Å². The maximum Gasteiger partial charge on any atom is 0.306 e. The monoisotopic (exact) mass is 392 g/mol. The first kappa shape index (κ1) is 20.3. The van der Waals surface area contributed by atoms with Crippen molar-refractivity contribution >= 4 is 17.8 Å². The van der Waals surface area contributed by atoms with Crippen LogP contribution in [0.15, 0.2) is 12.1 Å². The topological polar surface area (TPSA) is 87.2 Å². The molecule has 0 saturated carbocycles. The number of cyclic esters (lactones) is 1. The van der Waals surface area contributed by atoms with Crippen LogP contribution in [0.3, 0.4) is 0 Å². The largest absolute Gasteiger partial charge is 0.452 e. The molecule has 2 amide bonds. The number of rotatable bonds is 4. The third-order valence-corrected chi connectivity index (χ3v) is 5.53. The second-order valence-corrected chi connectivity index (χ2v) is 7.37. The molecule has 2 aliphatic heterocycles. The maximum absolute atomic E-state index is 14.0. The molecule has 1 aromatic carbocycles. The minimum Gasteiger partial charge on any atom is -0.452 e. The van der Waals surface area contributed by atoms with E-state index in [0.717, 1.165) is 0 Å². The van der Waals surface area contributed by atoms with E-state index in [1.54, 1.807) is 29.7 Å². The van der Waals surface area contributed by atoms with Crippen LogP contribution in [-0.2, 0) is 14.3 Å². The van der Waals surface area contributed by atoms with Crippen molar-refractivity contribution in [3.05, 3.63) is 34.6 Å². The van der Waals surface area contributed by atoms with Crippen LogP contribution in [0.5, 0.6) is 0 Å². The highest BCUT2D eigenvalue weighted by Crippen LogP contribution is 2.23. The number of hydrogen-bond donors (Lipinski definition) is 1. The smallest absolute Gasteiger partial charge is 0.306 e. The lowest BCUT2D eigenvalue weighted by molar-refractivity contribution is -0.155. The van der Waals surface area contributed by atoms with Gasteiger partial charge in [0.1, 0.15) is 5.82 Å². The van der Waals surface area contributed by atoms with Gasteiger partial charge in [-0.1, -0.05) is 0 Å². The predicted octanol–water partition coefficient (Wildman–Crippen LogP) is 1.18. The number of carbonyl (C=O) groups excluding carboxylic acids is 3. The van der Waals surface area contributed by atoms with E-state index in [9.17, 15) is 23.9 Å². The number of halogens is 1. The number of piperazine rings is 1. The van der Waals surface area contributed by atoms with Gasteiger partial charge < -0.3 is 19.6 Å². The Morgan fingerprint density at radius 3 is 2.64 bits per heavy atom. The Balaban J connectivity index is 1.74. The second-order valence-electron chi connectivity index (χ2n) is 7.37. The van der Waals surface area contributed by atoms with Crippen molar-refractivity contribution in [3.63, 3.8) is 0 Å². The fourth-order valence-corrected chi connectivity index (χ4v) is 3.73. The van der Waals surface area contributed by atoms with Crippen molar-refractivity contribution in [2.75, 3.05) is 26.2 Å². The maximum atomic E-state index is 14.0. The molecular formula is C20H25FN2O5. The number of aryl methyl sites for hydroxylation is 1. The Morgan fingerprint density at radius 1 is 1.29 bits per heavy atom. The Labute approximate surface area is 163 Å². The highest BCUT2D eigenvalue weighted by Gasteiger charge is 2.39. The van der Waals surface area contributed by atoms with Gasteiger partial charge in [0.15, 0.2) is 6.10 Å². The Hall–Kier alpha value is -2.48. The highest BCUT2D eigenvalue weighted by molar-refractivity contribution is 5.95. The molecule has 2 fully saturated rings. The Kier molecular flexibility index (Phi) is 5.98. The van der Waals surface area contributed by atoms with Crippen LogP contribution in [-0.4, -0.2) is 71.1 Å². The van der Waals surface area contributed by atoms with Gasteiger partial charge in [-0.25, -0.2) is 4.39 Å². The van der Waals surface area contributed by atoms with Gasteiger partial charge in [-0.2, -0.15) is 0 Å². The number of carbonyl (C=O) groups is 3. The van der Waals surface area contributed by atoms with Crippen LogP contribution in [0.4, 0.5) is 4.39 Å². The zero-order chi connectivity index (χ0) is 20.4. The van der Waals surface area contributed by atoms with E-state index < -0.39 is 11.9 Å². The molecule has 3 rings (SSSR count). The molecule has 1 aromatic rings. The molecule has 0 aliphatic carbocycles. The summed E-state index contributed by atoms with van der Waals surface area (Å²) in [4.78, 5) is 40.1. The molecule has 2 atom stereocenters. The zero-order valence-corrected chi connectivity index (χ0v) is 16.1. The fraction of sp³-hybridized carbons (Fsp3) is 0.550. The van der Waals surface area contributed by atoms with Crippen LogP contribution in [0.1, 0.15) is 40.7 Å². The number of hydrogen-bond acceptors (Lipinski definition) is 5. The van der Waals surface area contributed by atoms with Crippen molar-refractivity contribution in [2.24, 2.45) is 0 Å². The minimum atomic E-state index is -0.787. The van der Waals surface area contributed by atoms with Crippen LogP contribution >= 0.6 is 0 Å². The number of aliphatic hydroxyl groups is 1. The molecule has 152 valence electrons. The third-order valence-electron chi connectivity index (χ3n) is 5.53. The van der Waals surface area contributed by atoms with E-state index in [4.69, 9.17) is 4.74 Å². The fourth-order valence-electron chi connectivity index (χ4n) is 3.73. The summed E-state index contributed by atoms with van der Waals surface area (Å²) in [5, 5.41) is 9.39. The van der Waals surface area contributed by atoms with Crippen molar-refractivity contribution in [3.8, 4) is 0 Å². The first-order valence-corrected chi connectivity index (χ1v) is 9.48. The first-order chi connectivity index (χ1) is 13.3. The van der Waals surface area contributed by atoms with Gasteiger partial charge in [-0.15, -0.1) is 0 Å². The number of ether oxygens (including phenoxy) is 1. The molecule has 2 unspecified atom stereocenters. The molecule has 2 saturated heterocycles. The van der Waals surface area contributed by atoms with Crippen molar-refractivity contribution < 1.29 is 28.6 Å². The molecule has 7 nitrogen and oxygen atoms in total. The van der Waals surface area contributed by atoms with Gasteiger partial charge in [0.2, 0.25) is 0 Å². The Bertz CT molecular complexity index is 774. The van der Waals surface area contributed by atoms with Gasteiger partial charge in [-0.05, 0) is 43.5 Å². The van der Waals surface area contributed by atoms with E-state index in [0.29, 0.717) is 30.5 Å². The zero-order valence-electron chi connectivity index (χ0n) is 16.1. The lowest BCUT2D eigenvalue weighted by Gasteiger charge is -2.42. The lowest BCUT2D eigenvalue weighted by atomic mass is 10.0. The molecule has 2 aliphatic rings. The summed E-state index contributed by atoms with van der Waals surface area (Å²) in [7, 11) is 0. The predicted molar refractivity (Wildman–Crippen MR) is 98.1 cm³/mol. The number of nitrogens with zero attached hydrogens (tertiary/aromatic N) is 2. The molecule has 8 heteroatoms. The van der Waals surface area contributed by atoms with Crippen LogP contribution in [0.25, 0.3) is 0 Å². The summed E-state index contributed by atoms with van der Waals surface area (Å²) in [5.74, 6) is -1.40. The SMILES string of the molecule is Cc1cc(C(=O)N2CCN(C(=O)C3CCC(=O)O3)C(CCO)C2)cc(F)c1C. The van der Waals surface area contributed by atoms with Gasteiger partial charge in [-0.3, -0.25) is 14.4 Å². The van der Waals surface area contributed by atoms with Gasteiger partial charge in [0.05, 0.1) is 6.04 Å². The normalized spacial score (nSPS) is 22.4. The van der Waals surface area contributed by atoms with Crippen LogP contribution in [0.2, 0.25) is 0 Å². The summed E-state index contributed by atoms with van der Waals surface area (Å²) in [6.07, 6.45) is 0.0877. The van der Waals surface area contributed by atoms with Crippen molar-refractivity contribution in [1.29, 1.82) is 0 Å². The van der Waals surface area contributed by atoms with Gasteiger partial charge in [0.25, 0.3) is 11.8 Å². The molecular weight excluding hydrogens is 367 g/mol. The summed E-state index contributed by atoms with van der Waals surface area (Å²) >= 11 is 0. The summed E-state index contributed by atoms with van der Waals surface area (Å²) in [6.45, 7) is 4.08. The van der Waals surface area contributed by atoms with Crippen molar-refractivity contribution in [1.82, 2.24) is 9.80 Å². The average molecular weight is 392 g/mol. The molecule has 2 heterocycles. The van der Waals surface area contributed by atoms with Gasteiger partial charge >= 0.3 is 5.97 Å². The third kappa shape index (κ3) is 4.01. The molecule has 1 N–H and O–H groups in total. The molecule has 28 heavy (non-hydrogen) atoms. The molecule has 0 spiro atoms. The second kappa shape index (κ2) is 8.26. The van der Waals surface area contributed by atoms with Crippen LogP contribution in [0, 0.1) is 19.7 Å². The standard InChI is InChI=1S/C20H25FN2O5/c1-12-9-14(10-16(21)13(12)2)19(26)22-6-7-23(15(11-22)5-8-24)20(27)17-3-4-18(25)28-17/h9-10,15,17,24H,3-8,11H2,1-2H3. The lowest BCUT2D eigenvalue weighted by Crippen LogP contribution is -2.58. The van der Waals surface area contributed by atoms with Crippen molar-refractivity contribution in [2.45, 2.75) is 45.3 Å². The van der Waals surface area contributed by atoms with E-state index in [-0.39, 0.29) is 55.5 Å². The summed E-state index contributed by atoms with van der Waals surface area (Å²) in [6, 6.07) is 2.52. The highest BCUT2D eigenvalue weighted by atomic mass is 19.1. The Morgan fingerprint density at radius 2 is 2.04 bits per heavy atom. The quantitative estimate of drug-likeness (QED) is 0.778. The number of aliphatic hydroxyl groups excluding tert-OH is 1. The molecule has 0 radical (unpaired) electrons. The van der Waals surface area contributed by atoms with E-state index in [2.05, 4.69) is 0 Å². The van der Waals surface area contributed by atoms with Crippen LogP contribution < -0.4 is 0 Å². The average Bonchev–Trinajstić information content (AvgIpc) is 3.11. The summed E-state index contributed by atoms with van der Waals surface area (Å²) in [5.41, 5.74) is 1.48. The molecule has 0 aromatic heterocycles. The van der Waals surface area contributed by atoms with E-state index in [1.165, 1.54) is 6.07 Å². The van der Waals surface area contributed by atoms with E-state index in [1.807, 2.05) is 0 Å². The molecule has 0 bridgehead atoms. The van der Waals surface area contributed by atoms with E-state index >= 15 is 0 Å². The number of benzene rings is 1. The number of esters is 1.